The van der Waals surface area contributed by atoms with Crippen LogP contribution in [-0.2, 0) is 19.0 Å². The third-order valence-corrected chi connectivity index (χ3v) is 5.98. The van der Waals surface area contributed by atoms with E-state index >= 15 is 0 Å². The fraction of sp³-hybridized carbons (Fsp3) is 0.889. The summed E-state index contributed by atoms with van der Waals surface area (Å²) in [6.45, 7) is 1.41. The maximum Gasteiger partial charge on any atom is 0.312 e. The van der Waals surface area contributed by atoms with Crippen LogP contribution >= 0.6 is 0 Å². The van der Waals surface area contributed by atoms with Gasteiger partial charge in [-0.25, -0.2) is 4.79 Å². The Kier molecular flexibility index (Phi) is 8.97. The molecule has 2 fully saturated rings. The lowest BCUT2D eigenvalue weighted by Gasteiger charge is -2.50. The van der Waals surface area contributed by atoms with Crippen LogP contribution in [0.25, 0.3) is 0 Å². The topological polar surface area (TPSA) is 222 Å². The first-order valence-electron chi connectivity index (χ1n) is 10.2. The molecule has 31 heavy (non-hydrogen) atoms. The Balaban J connectivity index is 2.21. The van der Waals surface area contributed by atoms with E-state index in [4.69, 9.17) is 37.1 Å². The van der Waals surface area contributed by atoms with Gasteiger partial charge in [-0.2, -0.15) is 0 Å². The molecule has 13 heteroatoms. The molecule has 2 aliphatic rings. The lowest BCUT2D eigenvalue weighted by atomic mass is 9.80. The van der Waals surface area contributed by atoms with Gasteiger partial charge in [0.15, 0.2) is 6.29 Å². The third kappa shape index (κ3) is 5.81. The average molecular weight is 449 g/mol. The second kappa shape index (κ2) is 10.8. The standard InChI is InChI=1S/C18H36N6O7/c1-7(19)9-5-4-8(20)17(30-9)31-15-11(21)13(26)16(29-3)12(14(15)27)24(2)10(25)6-23-18(22)28/h7-9,11-17,26-27H,4-6,19-21H2,1-3H3,(H3,22,23,28)/t7-,8+,9+,11-,12-,13+,14+,15-,16-,17+/m0/s1. The molecule has 1 aliphatic carbocycles. The van der Waals surface area contributed by atoms with Crippen molar-refractivity contribution in [3.63, 3.8) is 0 Å². The van der Waals surface area contributed by atoms with E-state index in [1.54, 1.807) is 0 Å². The Morgan fingerprint density at radius 2 is 1.87 bits per heavy atom. The molecule has 11 N–H and O–H groups in total. The number of urea groups is 1. The molecule has 10 atom stereocenters. The molecule has 0 aromatic rings. The number of aliphatic hydroxyl groups excluding tert-OH is 2. The Hall–Kier alpha value is -1.58. The lowest BCUT2D eigenvalue weighted by Crippen LogP contribution is -2.72. The highest BCUT2D eigenvalue weighted by molar-refractivity contribution is 5.83. The number of nitrogens with zero attached hydrogens (tertiary/aromatic N) is 1. The molecule has 1 saturated carbocycles. The van der Waals surface area contributed by atoms with Gasteiger partial charge in [0.1, 0.15) is 18.3 Å². The molecular weight excluding hydrogens is 412 g/mol. The van der Waals surface area contributed by atoms with Gasteiger partial charge in [0.25, 0.3) is 0 Å². The summed E-state index contributed by atoms with van der Waals surface area (Å²) in [7, 11) is 2.73. The van der Waals surface area contributed by atoms with Gasteiger partial charge in [-0.15, -0.1) is 0 Å². The van der Waals surface area contributed by atoms with Crippen molar-refractivity contribution in [3.8, 4) is 0 Å². The molecule has 2 rings (SSSR count). The van der Waals surface area contributed by atoms with E-state index in [1.165, 1.54) is 14.2 Å². The van der Waals surface area contributed by atoms with Crippen molar-refractivity contribution in [2.75, 3.05) is 20.7 Å². The molecule has 0 spiro atoms. The van der Waals surface area contributed by atoms with Crippen LogP contribution in [0.4, 0.5) is 4.79 Å². The second-order valence-electron chi connectivity index (χ2n) is 8.22. The van der Waals surface area contributed by atoms with E-state index in [0.717, 1.165) is 4.90 Å². The number of primary amides is 1. The molecule has 1 aliphatic heterocycles. The summed E-state index contributed by atoms with van der Waals surface area (Å²) < 4.78 is 17.2. The average Bonchev–Trinajstić information content (AvgIpc) is 2.72. The predicted molar refractivity (Wildman–Crippen MR) is 109 cm³/mol. The number of hydrogen-bond donors (Lipinski definition) is 7. The van der Waals surface area contributed by atoms with Crippen molar-refractivity contribution < 1.29 is 34.0 Å². The summed E-state index contributed by atoms with van der Waals surface area (Å²) in [5.74, 6) is -0.561. The van der Waals surface area contributed by atoms with Crippen LogP contribution in [0.2, 0.25) is 0 Å². The molecule has 0 radical (unpaired) electrons. The Bertz CT molecular complexity index is 626. The smallest absolute Gasteiger partial charge is 0.312 e. The van der Waals surface area contributed by atoms with Crippen molar-refractivity contribution in [1.82, 2.24) is 10.2 Å². The number of likely N-dealkylation sites (N-methyl/N-ethyl adjacent to an activating group) is 1. The first-order valence-corrected chi connectivity index (χ1v) is 10.2. The van der Waals surface area contributed by atoms with Crippen molar-refractivity contribution in [2.45, 2.75) is 80.7 Å². The largest absolute Gasteiger partial charge is 0.389 e. The number of carbonyl (C=O) groups excluding carboxylic acids is 2. The molecule has 1 heterocycles. The minimum absolute atomic E-state index is 0.249. The van der Waals surface area contributed by atoms with Gasteiger partial charge in [0.2, 0.25) is 5.91 Å². The minimum atomic E-state index is -1.35. The normalized spacial score (nSPS) is 39.5. The zero-order valence-electron chi connectivity index (χ0n) is 18.1. The Morgan fingerprint density at radius 3 is 2.42 bits per heavy atom. The van der Waals surface area contributed by atoms with Crippen molar-refractivity contribution in [3.05, 3.63) is 0 Å². The fourth-order valence-electron chi connectivity index (χ4n) is 4.09. The summed E-state index contributed by atoms with van der Waals surface area (Å²) in [6, 6.07) is -3.68. The number of aliphatic hydroxyl groups is 2. The highest BCUT2D eigenvalue weighted by Crippen LogP contribution is 2.31. The van der Waals surface area contributed by atoms with E-state index < -0.39 is 67.3 Å². The second-order valence-corrected chi connectivity index (χ2v) is 8.22. The maximum atomic E-state index is 12.5. The fourth-order valence-corrected chi connectivity index (χ4v) is 4.09. The summed E-state index contributed by atoms with van der Waals surface area (Å²) in [5, 5.41) is 24.0. The zero-order valence-corrected chi connectivity index (χ0v) is 18.1. The van der Waals surface area contributed by atoms with Crippen molar-refractivity contribution >= 4 is 11.9 Å². The monoisotopic (exact) mass is 448 g/mol. The molecule has 0 bridgehead atoms. The van der Waals surface area contributed by atoms with Crippen LogP contribution in [0.3, 0.4) is 0 Å². The van der Waals surface area contributed by atoms with Crippen LogP contribution in [0, 0.1) is 0 Å². The number of ether oxygens (including phenoxy) is 3. The molecule has 3 amide bonds. The summed E-state index contributed by atoms with van der Waals surface area (Å²) in [5.41, 5.74) is 23.2. The molecule has 0 unspecified atom stereocenters. The van der Waals surface area contributed by atoms with E-state index in [0.29, 0.717) is 12.8 Å². The predicted octanol–water partition coefficient (Wildman–Crippen LogP) is -3.88. The van der Waals surface area contributed by atoms with E-state index in [-0.39, 0.29) is 12.1 Å². The quantitative estimate of drug-likeness (QED) is 0.201. The SMILES string of the molecule is CO[C@@H]1[C@H](O)[C@H](N)[C@H](O[C@H]2O[C@@H]([C@H](C)N)CC[C@H]2N)[C@H](O)[C@@H]1N(C)C(=O)CNC(N)=O. The molecule has 180 valence electrons. The third-order valence-electron chi connectivity index (χ3n) is 5.98. The van der Waals surface area contributed by atoms with Crippen LogP contribution in [0.5, 0.6) is 0 Å². The first-order chi connectivity index (χ1) is 14.5. The maximum absolute atomic E-state index is 12.5. The van der Waals surface area contributed by atoms with Crippen LogP contribution in [-0.4, -0.2) is 109 Å². The number of hydrogen-bond acceptors (Lipinski definition) is 10. The summed E-state index contributed by atoms with van der Waals surface area (Å²) in [6.07, 6.45) is -4.67. The molecular formula is C18H36N6O7. The number of carbonyl (C=O) groups is 2. The van der Waals surface area contributed by atoms with Gasteiger partial charge in [-0.3, -0.25) is 4.79 Å². The van der Waals surface area contributed by atoms with Crippen LogP contribution < -0.4 is 28.3 Å². The Labute approximate surface area is 181 Å². The van der Waals surface area contributed by atoms with Crippen LogP contribution in [0.1, 0.15) is 19.8 Å². The van der Waals surface area contributed by atoms with Gasteiger partial charge in [0, 0.05) is 20.2 Å². The lowest BCUT2D eigenvalue weighted by molar-refractivity contribution is -0.267. The molecule has 13 nitrogen and oxygen atoms in total. The van der Waals surface area contributed by atoms with E-state index in [2.05, 4.69) is 5.32 Å². The van der Waals surface area contributed by atoms with E-state index in [9.17, 15) is 19.8 Å². The molecule has 0 aromatic heterocycles. The summed E-state index contributed by atoms with van der Waals surface area (Å²) >= 11 is 0. The summed E-state index contributed by atoms with van der Waals surface area (Å²) in [4.78, 5) is 24.6. The van der Waals surface area contributed by atoms with Crippen molar-refractivity contribution in [1.29, 1.82) is 0 Å². The molecule has 1 saturated heterocycles. The number of nitrogens with two attached hydrogens (primary N) is 4. The number of rotatable bonds is 7. The van der Waals surface area contributed by atoms with Gasteiger partial charge in [-0.05, 0) is 19.8 Å². The zero-order chi connectivity index (χ0) is 23.5. The number of methoxy groups -OCH3 is 1. The van der Waals surface area contributed by atoms with Gasteiger partial charge >= 0.3 is 6.03 Å². The van der Waals surface area contributed by atoms with E-state index in [1.807, 2.05) is 6.92 Å². The van der Waals surface area contributed by atoms with Crippen LogP contribution in [0.15, 0.2) is 0 Å². The van der Waals surface area contributed by atoms with Gasteiger partial charge in [0.05, 0.1) is 36.9 Å². The van der Waals surface area contributed by atoms with Crippen molar-refractivity contribution in [2.24, 2.45) is 22.9 Å². The van der Waals surface area contributed by atoms with Gasteiger partial charge < -0.3 is 57.6 Å². The number of amides is 3. The Morgan fingerprint density at radius 1 is 1.23 bits per heavy atom. The van der Waals surface area contributed by atoms with Gasteiger partial charge in [-0.1, -0.05) is 0 Å². The highest BCUT2D eigenvalue weighted by Gasteiger charge is 2.53. The first kappa shape index (κ1) is 25.7. The highest BCUT2D eigenvalue weighted by atomic mass is 16.7. The minimum Gasteiger partial charge on any atom is -0.389 e. The molecule has 0 aromatic carbocycles. The number of nitrogens with one attached hydrogen (secondary N) is 1.